The molecule has 0 saturated heterocycles. The van der Waals surface area contributed by atoms with Gasteiger partial charge in [-0.15, -0.1) is 6.58 Å². The van der Waals surface area contributed by atoms with Gasteiger partial charge in [-0.05, 0) is 25.2 Å². The van der Waals surface area contributed by atoms with E-state index in [9.17, 15) is 0 Å². The number of hydrogen-bond acceptors (Lipinski definition) is 1. The van der Waals surface area contributed by atoms with Crippen LogP contribution in [-0.4, -0.2) is 6.04 Å². The van der Waals surface area contributed by atoms with Crippen molar-refractivity contribution in [3.63, 3.8) is 0 Å². The lowest BCUT2D eigenvalue weighted by Gasteiger charge is -2.22. The molecule has 0 spiro atoms. The molecule has 1 aliphatic carbocycles. The normalized spacial score (nSPS) is 32.1. The molecule has 1 aliphatic rings. The van der Waals surface area contributed by atoms with E-state index in [1.54, 1.807) is 0 Å². The fraction of sp³-hybridized carbons (Fsp3) is 0.556. The van der Waals surface area contributed by atoms with E-state index in [1.807, 2.05) is 6.08 Å². The molecule has 0 aromatic carbocycles. The van der Waals surface area contributed by atoms with Crippen LogP contribution in [0.3, 0.4) is 0 Å². The first-order valence-electron chi connectivity index (χ1n) is 3.87. The summed E-state index contributed by atoms with van der Waals surface area (Å²) in [5.74, 6) is 0.641. The molecule has 0 aromatic rings. The Labute approximate surface area is 62.6 Å². The summed E-state index contributed by atoms with van der Waals surface area (Å²) in [7, 11) is 0. The molecular formula is C9H15N. The molecule has 0 saturated carbocycles. The van der Waals surface area contributed by atoms with E-state index < -0.39 is 0 Å². The molecule has 1 rings (SSSR count). The average Bonchev–Trinajstić information content (AvgIpc) is 1.94. The van der Waals surface area contributed by atoms with Crippen LogP contribution >= 0.6 is 0 Å². The largest absolute Gasteiger partial charge is 0.324 e. The highest BCUT2D eigenvalue weighted by Crippen LogP contribution is 2.20. The summed E-state index contributed by atoms with van der Waals surface area (Å²) in [5.41, 5.74) is 5.83. The lowest BCUT2D eigenvalue weighted by Crippen LogP contribution is -2.29. The first-order valence-corrected chi connectivity index (χ1v) is 3.87. The van der Waals surface area contributed by atoms with Gasteiger partial charge in [0.25, 0.3) is 0 Å². The zero-order valence-electron chi connectivity index (χ0n) is 6.29. The minimum absolute atomic E-state index is 0.270. The molecule has 2 atom stereocenters. The molecule has 0 bridgehead atoms. The maximum atomic E-state index is 5.83. The maximum Gasteiger partial charge on any atom is 0.0255 e. The van der Waals surface area contributed by atoms with Crippen molar-refractivity contribution in [2.75, 3.05) is 0 Å². The van der Waals surface area contributed by atoms with E-state index in [1.165, 1.54) is 12.8 Å². The molecule has 0 aliphatic heterocycles. The van der Waals surface area contributed by atoms with E-state index in [-0.39, 0.29) is 6.04 Å². The van der Waals surface area contributed by atoms with Crippen molar-refractivity contribution in [2.24, 2.45) is 11.7 Å². The molecule has 0 radical (unpaired) electrons. The van der Waals surface area contributed by atoms with Crippen molar-refractivity contribution in [3.05, 3.63) is 24.8 Å². The van der Waals surface area contributed by atoms with E-state index in [2.05, 4.69) is 18.7 Å². The Morgan fingerprint density at radius 2 is 2.50 bits per heavy atom. The predicted octanol–water partition coefficient (Wildman–Crippen LogP) is 1.86. The highest BCUT2D eigenvalue weighted by molar-refractivity contribution is 5.01. The van der Waals surface area contributed by atoms with Crippen LogP contribution in [0.1, 0.15) is 19.3 Å². The van der Waals surface area contributed by atoms with Crippen molar-refractivity contribution in [1.82, 2.24) is 0 Å². The second-order valence-electron chi connectivity index (χ2n) is 2.87. The summed E-state index contributed by atoms with van der Waals surface area (Å²) in [6, 6.07) is 0.270. The molecule has 10 heavy (non-hydrogen) atoms. The van der Waals surface area contributed by atoms with Crippen LogP contribution in [0.5, 0.6) is 0 Å². The molecule has 2 N–H and O–H groups in total. The van der Waals surface area contributed by atoms with Crippen molar-refractivity contribution in [1.29, 1.82) is 0 Å². The molecule has 0 fully saturated rings. The Bertz CT molecular complexity index is 138. The second kappa shape index (κ2) is 3.57. The van der Waals surface area contributed by atoms with Gasteiger partial charge >= 0.3 is 0 Å². The standard InChI is InChI=1S/C9H15N/c1-2-5-8-6-3-4-7-9(8)10/h2,4,7-9H,1,3,5-6,10H2. The van der Waals surface area contributed by atoms with Gasteiger partial charge in [0, 0.05) is 6.04 Å². The van der Waals surface area contributed by atoms with E-state index in [4.69, 9.17) is 5.73 Å². The van der Waals surface area contributed by atoms with Gasteiger partial charge in [-0.2, -0.15) is 0 Å². The molecular weight excluding hydrogens is 122 g/mol. The van der Waals surface area contributed by atoms with E-state index in [0.717, 1.165) is 6.42 Å². The van der Waals surface area contributed by atoms with Crippen molar-refractivity contribution in [3.8, 4) is 0 Å². The summed E-state index contributed by atoms with van der Waals surface area (Å²) in [6.45, 7) is 3.71. The summed E-state index contributed by atoms with van der Waals surface area (Å²) in [5, 5.41) is 0. The van der Waals surface area contributed by atoms with Crippen molar-refractivity contribution >= 4 is 0 Å². The fourth-order valence-corrected chi connectivity index (χ4v) is 1.40. The van der Waals surface area contributed by atoms with Gasteiger partial charge in [0.2, 0.25) is 0 Å². The minimum Gasteiger partial charge on any atom is -0.324 e. The van der Waals surface area contributed by atoms with Gasteiger partial charge in [-0.3, -0.25) is 0 Å². The average molecular weight is 137 g/mol. The maximum absolute atomic E-state index is 5.83. The van der Waals surface area contributed by atoms with Crippen LogP contribution in [0.15, 0.2) is 24.8 Å². The quantitative estimate of drug-likeness (QED) is 0.577. The second-order valence-corrected chi connectivity index (χ2v) is 2.87. The third-order valence-corrected chi connectivity index (χ3v) is 2.08. The molecule has 1 heteroatoms. The molecule has 2 unspecified atom stereocenters. The van der Waals surface area contributed by atoms with Gasteiger partial charge in [-0.25, -0.2) is 0 Å². The zero-order valence-corrected chi connectivity index (χ0v) is 6.29. The lowest BCUT2D eigenvalue weighted by atomic mass is 9.88. The van der Waals surface area contributed by atoms with Gasteiger partial charge in [0.05, 0.1) is 0 Å². The van der Waals surface area contributed by atoms with Gasteiger partial charge in [0.15, 0.2) is 0 Å². The van der Waals surface area contributed by atoms with Gasteiger partial charge in [0.1, 0.15) is 0 Å². The topological polar surface area (TPSA) is 26.0 Å². The first-order chi connectivity index (χ1) is 4.84. The van der Waals surface area contributed by atoms with E-state index in [0.29, 0.717) is 5.92 Å². The molecule has 0 aromatic heterocycles. The summed E-state index contributed by atoms with van der Waals surface area (Å²) in [6.07, 6.45) is 9.72. The van der Waals surface area contributed by atoms with Crippen molar-refractivity contribution < 1.29 is 0 Å². The molecule has 0 amide bonds. The first kappa shape index (κ1) is 7.55. The Morgan fingerprint density at radius 3 is 3.10 bits per heavy atom. The number of nitrogens with two attached hydrogens (primary N) is 1. The van der Waals surface area contributed by atoms with Crippen LogP contribution in [0.2, 0.25) is 0 Å². The highest BCUT2D eigenvalue weighted by Gasteiger charge is 2.15. The van der Waals surface area contributed by atoms with Gasteiger partial charge in [-0.1, -0.05) is 18.2 Å². The summed E-state index contributed by atoms with van der Waals surface area (Å²) >= 11 is 0. The number of hydrogen-bond donors (Lipinski definition) is 1. The molecule has 1 nitrogen and oxygen atoms in total. The zero-order chi connectivity index (χ0) is 7.40. The SMILES string of the molecule is C=CCC1CCC=CC1N. The van der Waals surface area contributed by atoms with Crippen LogP contribution < -0.4 is 5.73 Å². The van der Waals surface area contributed by atoms with Crippen LogP contribution in [0, 0.1) is 5.92 Å². The predicted molar refractivity (Wildman–Crippen MR) is 44.7 cm³/mol. The Kier molecular flexibility index (Phi) is 2.69. The van der Waals surface area contributed by atoms with Crippen molar-refractivity contribution in [2.45, 2.75) is 25.3 Å². The molecule has 56 valence electrons. The van der Waals surface area contributed by atoms with Gasteiger partial charge < -0.3 is 5.73 Å². The third-order valence-electron chi connectivity index (χ3n) is 2.08. The number of allylic oxidation sites excluding steroid dienone is 2. The molecule has 0 heterocycles. The highest BCUT2D eigenvalue weighted by atomic mass is 14.6. The summed E-state index contributed by atoms with van der Waals surface area (Å²) in [4.78, 5) is 0. The minimum atomic E-state index is 0.270. The fourth-order valence-electron chi connectivity index (χ4n) is 1.40. The van der Waals surface area contributed by atoms with Crippen LogP contribution in [0.25, 0.3) is 0 Å². The Balaban J connectivity index is 2.43. The Hall–Kier alpha value is -0.560. The van der Waals surface area contributed by atoms with Crippen LogP contribution in [-0.2, 0) is 0 Å². The Morgan fingerprint density at radius 1 is 1.70 bits per heavy atom. The monoisotopic (exact) mass is 137 g/mol. The number of rotatable bonds is 2. The third kappa shape index (κ3) is 1.71. The lowest BCUT2D eigenvalue weighted by molar-refractivity contribution is 0.432. The van der Waals surface area contributed by atoms with E-state index >= 15 is 0 Å². The summed E-state index contributed by atoms with van der Waals surface area (Å²) < 4.78 is 0. The smallest absolute Gasteiger partial charge is 0.0255 e. The van der Waals surface area contributed by atoms with Crippen LogP contribution in [0.4, 0.5) is 0 Å².